The summed E-state index contributed by atoms with van der Waals surface area (Å²) < 4.78 is 0. The van der Waals surface area contributed by atoms with Gasteiger partial charge in [0, 0.05) is 31.5 Å². The maximum atomic E-state index is 11.2. The Balaban J connectivity index is 2.34. The highest BCUT2D eigenvalue weighted by Crippen LogP contribution is 2.33. The molecular weight excluding hydrogens is 212 g/mol. The van der Waals surface area contributed by atoms with E-state index in [2.05, 4.69) is 23.2 Å². The molecule has 2 rings (SSSR count). The first-order valence-corrected chi connectivity index (χ1v) is 5.75. The van der Waals surface area contributed by atoms with E-state index in [0.29, 0.717) is 18.6 Å². The normalized spacial score (nSPS) is 15.8. The van der Waals surface area contributed by atoms with Crippen LogP contribution in [0, 0.1) is 0 Å². The average Bonchev–Trinajstić information content (AvgIpc) is 2.38. The largest absolute Gasteiger partial charge is 0.369 e. The fourth-order valence-corrected chi connectivity index (χ4v) is 2.14. The van der Waals surface area contributed by atoms with Gasteiger partial charge >= 0.3 is 0 Å². The van der Waals surface area contributed by atoms with Crippen molar-refractivity contribution >= 4 is 30.0 Å². The quantitative estimate of drug-likeness (QED) is 0.745. The number of carbonyl (C=O) groups excluding carboxylic acids is 1. The van der Waals surface area contributed by atoms with E-state index in [-0.39, 0.29) is 0 Å². The van der Waals surface area contributed by atoms with Gasteiger partial charge in [-0.1, -0.05) is 24.8 Å². The SMILES string of the molecule is C=Cc1cccc(N2CCC(=O)CC2)c1N=C. The molecule has 3 heteroatoms. The van der Waals surface area contributed by atoms with Gasteiger partial charge in [0.05, 0.1) is 11.4 Å². The number of benzene rings is 1. The number of carbonyl (C=O) groups is 1. The van der Waals surface area contributed by atoms with E-state index in [1.54, 1.807) is 6.08 Å². The number of Topliss-reactive ketones (excluding diaryl/α,β-unsaturated/α-hetero) is 1. The van der Waals surface area contributed by atoms with Crippen molar-refractivity contribution in [1.82, 2.24) is 0 Å². The predicted molar refractivity (Wildman–Crippen MR) is 72.2 cm³/mol. The summed E-state index contributed by atoms with van der Waals surface area (Å²) in [6.45, 7) is 8.93. The van der Waals surface area contributed by atoms with Crippen LogP contribution in [0.5, 0.6) is 0 Å². The van der Waals surface area contributed by atoms with Crippen molar-refractivity contribution < 1.29 is 4.79 Å². The Morgan fingerprint density at radius 3 is 2.59 bits per heavy atom. The Morgan fingerprint density at radius 2 is 2.00 bits per heavy atom. The summed E-state index contributed by atoms with van der Waals surface area (Å²) in [6.07, 6.45) is 3.02. The summed E-state index contributed by atoms with van der Waals surface area (Å²) in [5.74, 6) is 0.342. The molecule has 0 aliphatic carbocycles. The van der Waals surface area contributed by atoms with Crippen molar-refractivity contribution in [3.8, 4) is 0 Å². The van der Waals surface area contributed by atoms with Crippen LogP contribution in [0.1, 0.15) is 18.4 Å². The van der Waals surface area contributed by atoms with Gasteiger partial charge in [0.1, 0.15) is 5.78 Å². The van der Waals surface area contributed by atoms with Crippen molar-refractivity contribution in [3.63, 3.8) is 0 Å². The molecule has 1 aromatic carbocycles. The molecule has 0 bridgehead atoms. The minimum atomic E-state index is 0.342. The molecule has 1 aliphatic heterocycles. The molecule has 1 saturated heterocycles. The van der Waals surface area contributed by atoms with Crippen molar-refractivity contribution in [1.29, 1.82) is 0 Å². The molecule has 0 unspecified atom stereocenters. The van der Waals surface area contributed by atoms with Gasteiger partial charge in [0.15, 0.2) is 0 Å². The van der Waals surface area contributed by atoms with Crippen LogP contribution in [0.3, 0.4) is 0 Å². The van der Waals surface area contributed by atoms with Gasteiger partial charge in [-0.3, -0.25) is 9.79 Å². The number of rotatable bonds is 3. The third-order valence-corrected chi connectivity index (χ3v) is 3.09. The highest BCUT2D eigenvalue weighted by atomic mass is 16.1. The summed E-state index contributed by atoms with van der Waals surface area (Å²) in [6, 6.07) is 5.97. The van der Waals surface area contributed by atoms with Crippen molar-refractivity contribution in [2.45, 2.75) is 12.8 Å². The molecule has 1 aromatic rings. The van der Waals surface area contributed by atoms with E-state index in [4.69, 9.17) is 0 Å². The number of piperidine rings is 1. The lowest BCUT2D eigenvalue weighted by Crippen LogP contribution is -2.33. The van der Waals surface area contributed by atoms with Gasteiger partial charge in [-0.05, 0) is 12.8 Å². The molecular formula is C14H16N2O. The van der Waals surface area contributed by atoms with Crippen LogP contribution in [-0.2, 0) is 4.79 Å². The monoisotopic (exact) mass is 228 g/mol. The Bertz CT molecular complexity index is 455. The van der Waals surface area contributed by atoms with E-state index >= 15 is 0 Å². The van der Waals surface area contributed by atoms with Crippen molar-refractivity contribution in [3.05, 3.63) is 30.3 Å². The minimum absolute atomic E-state index is 0.342. The Labute approximate surface area is 101 Å². The second kappa shape index (κ2) is 4.95. The van der Waals surface area contributed by atoms with Crippen molar-refractivity contribution in [2.75, 3.05) is 18.0 Å². The van der Waals surface area contributed by atoms with Crippen LogP contribution < -0.4 is 4.90 Å². The van der Waals surface area contributed by atoms with Crippen LogP contribution in [-0.4, -0.2) is 25.6 Å². The summed E-state index contributed by atoms with van der Waals surface area (Å²) in [5.41, 5.74) is 2.89. The number of anilines is 1. The fourth-order valence-electron chi connectivity index (χ4n) is 2.14. The van der Waals surface area contributed by atoms with Gasteiger partial charge in [-0.2, -0.15) is 0 Å². The fraction of sp³-hybridized carbons (Fsp3) is 0.286. The molecule has 0 atom stereocenters. The summed E-state index contributed by atoms with van der Waals surface area (Å²) in [5, 5.41) is 0. The number of ketones is 1. The zero-order valence-electron chi connectivity index (χ0n) is 9.85. The zero-order valence-corrected chi connectivity index (χ0v) is 9.85. The molecule has 0 radical (unpaired) electrons. The zero-order chi connectivity index (χ0) is 12.3. The second-order valence-electron chi connectivity index (χ2n) is 4.10. The number of hydrogen-bond donors (Lipinski definition) is 0. The summed E-state index contributed by atoms with van der Waals surface area (Å²) in [4.78, 5) is 17.5. The van der Waals surface area contributed by atoms with E-state index in [1.807, 2.05) is 18.2 Å². The van der Waals surface area contributed by atoms with Gasteiger partial charge in [0.25, 0.3) is 0 Å². The molecule has 0 amide bonds. The highest BCUT2D eigenvalue weighted by Gasteiger charge is 2.19. The summed E-state index contributed by atoms with van der Waals surface area (Å²) in [7, 11) is 0. The first kappa shape index (κ1) is 11.6. The maximum absolute atomic E-state index is 11.2. The van der Waals surface area contributed by atoms with Crippen LogP contribution in [0.4, 0.5) is 11.4 Å². The first-order valence-electron chi connectivity index (χ1n) is 5.75. The van der Waals surface area contributed by atoms with Crippen LogP contribution in [0.25, 0.3) is 6.08 Å². The minimum Gasteiger partial charge on any atom is -0.369 e. The van der Waals surface area contributed by atoms with Crippen LogP contribution >= 0.6 is 0 Å². The first-order chi connectivity index (χ1) is 8.26. The molecule has 0 spiro atoms. The Morgan fingerprint density at radius 1 is 1.29 bits per heavy atom. The second-order valence-corrected chi connectivity index (χ2v) is 4.10. The van der Waals surface area contributed by atoms with E-state index in [0.717, 1.165) is 30.0 Å². The third-order valence-electron chi connectivity index (χ3n) is 3.09. The van der Waals surface area contributed by atoms with E-state index < -0.39 is 0 Å². The summed E-state index contributed by atoms with van der Waals surface area (Å²) >= 11 is 0. The molecule has 17 heavy (non-hydrogen) atoms. The van der Waals surface area contributed by atoms with Gasteiger partial charge in [-0.15, -0.1) is 0 Å². The van der Waals surface area contributed by atoms with Crippen LogP contribution in [0.15, 0.2) is 29.8 Å². The number of aliphatic imine (C=N–C) groups is 1. The standard InChI is InChI=1S/C14H16N2O/c1-3-11-5-4-6-13(14(11)15-2)16-9-7-12(17)8-10-16/h3-6H,1-2,7-10H2. The maximum Gasteiger partial charge on any atom is 0.136 e. The number of hydrogen-bond acceptors (Lipinski definition) is 3. The number of nitrogens with zero attached hydrogens (tertiary/aromatic N) is 2. The lowest BCUT2D eigenvalue weighted by molar-refractivity contribution is -0.119. The molecule has 88 valence electrons. The number of para-hydroxylation sites is 1. The topological polar surface area (TPSA) is 32.7 Å². The molecule has 1 heterocycles. The Kier molecular flexibility index (Phi) is 3.38. The Hall–Kier alpha value is -1.90. The molecule has 1 fully saturated rings. The molecule has 3 nitrogen and oxygen atoms in total. The van der Waals surface area contributed by atoms with E-state index in [9.17, 15) is 4.79 Å². The lowest BCUT2D eigenvalue weighted by atomic mass is 10.1. The highest BCUT2D eigenvalue weighted by molar-refractivity contribution is 5.83. The predicted octanol–water partition coefficient (Wildman–Crippen LogP) is 2.83. The van der Waals surface area contributed by atoms with Gasteiger partial charge < -0.3 is 4.90 Å². The van der Waals surface area contributed by atoms with E-state index in [1.165, 1.54) is 0 Å². The lowest BCUT2D eigenvalue weighted by Gasteiger charge is -2.29. The molecule has 0 N–H and O–H groups in total. The molecule has 0 aromatic heterocycles. The third kappa shape index (κ3) is 2.28. The molecule has 0 saturated carbocycles. The van der Waals surface area contributed by atoms with Gasteiger partial charge in [-0.25, -0.2) is 0 Å². The van der Waals surface area contributed by atoms with Crippen LogP contribution in [0.2, 0.25) is 0 Å². The molecule has 1 aliphatic rings. The average molecular weight is 228 g/mol. The smallest absolute Gasteiger partial charge is 0.136 e. The van der Waals surface area contributed by atoms with Crippen molar-refractivity contribution in [2.24, 2.45) is 4.99 Å². The van der Waals surface area contributed by atoms with Gasteiger partial charge in [0.2, 0.25) is 0 Å².